The topological polar surface area (TPSA) is 92.2 Å². The molecule has 0 atom stereocenters. The van der Waals surface area contributed by atoms with E-state index in [-0.39, 0.29) is 0 Å². The summed E-state index contributed by atoms with van der Waals surface area (Å²) in [5, 5.41) is 19.7. The molecule has 0 aromatic carbocycles. The molecule has 1 fully saturated rings. The Balaban J connectivity index is 2.18. The molecule has 1 saturated carbocycles. The highest BCUT2D eigenvalue weighted by molar-refractivity contribution is 7.13. The molecule has 0 bridgehead atoms. The fourth-order valence-electron chi connectivity index (χ4n) is 2.31. The number of nitrogens with one attached hydrogen (secondary N) is 1. The Morgan fingerprint density at radius 1 is 1.28 bits per heavy atom. The summed E-state index contributed by atoms with van der Waals surface area (Å²) in [4.78, 5) is 23.7. The number of carboxylic acids is 1. The predicted molar refractivity (Wildman–Crippen MR) is 66.3 cm³/mol. The van der Waals surface area contributed by atoms with Gasteiger partial charge in [0.15, 0.2) is 0 Å². The average Bonchev–Trinajstić information content (AvgIpc) is 2.70. The fourth-order valence-corrected chi connectivity index (χ4v) is 2.75. The van der Waals surface area contributed by atoms with Crippen LogP contribution in [0.1, 0.15) is 38.5 Å². The highest BCUT2D eigenvalue weighted by Crippen LogP contribution is 2.36. The second-order valence-corrected chi connectivity index (χ2v) is 5.33. The molecule has 6 nitrogen and oxygen atoms in total. The van der Waals surface area contributed by atoms with E-state index in [0.29, 0.717) is 18.0 Å². The van der Waals surface area contributed by atoms with Crippen molar-refractivity contribution in [1.82, 2.24) is 10.2 Å². The number of carbonyl (C=O) groups is 2. The number of nitrogens with zero attached hydrogens (tertiary/aromatic N) is 2. The molecule has 18 heavy (non-hydrogen) atoms. The van der Waals surface area contributed by atoms with Gasteiger partial charge < -0.3 is 5.11 Å². The molecular weight excluding hydrogens is 254 g/mol. The Morgan fingerprint density at radius 2 is 1.94 bits per heavy atom. The number of amides is 1. The Kier molecular flexibility index (Phi) is 3.90. The smallest absolute Gasteiger partial charge is 0.319 e. The van der Waals surface area contributed by atoms with Crippen LogP contribution in [0.2, 0.25) is 0 Å². The molecule has 1 aromatic heterocycles. The van der Waals surface area contributed by atoms with E-state index in [4.69, 9.17) is 0 Å². The van der Waals surface area contributed by atoms with Crippen LogP contribution in [0.15, 0.2) is 5.51 Å². The Morgan fingerprint density at radius 3 is 2.44 bits per heavy atom. The van der Waals surface area contributed by atoms with E-state index >= 15 is 0 Å². The fraction of sp³-hybridized carbons (Fsp3) is 0.636. The van der Waals surface area contributed by atoms with E-state index in [1.807, 2.05) is 0 Å². The van der Waals surface area contributed by atoms with E-state index in [1.165, 1.54) is 16.8 Å². The monoisotopic (exact) mass is 269 g/mol. The van der Waals surface area contributed by atoms with Gasteiger partial charge in [0.25, 0.3) is 0 Å². The third-order valence-corrected chi connectivity index (χ3v) is 3.99. The maximum Gasteiger partial charge on any atom is 0.319 e. The number of hydrogen-bond acceptors (Lipinski definition) is 5. The number of rotatable bonds is 3. The van der Waals surface area contributed by atoms with Crippen LogP contribution in [0, 0.1) is 5.41 Å². The third kappa shape index (κ3) is 2.50. The van der Waals surface area contributed by atoms with Crippen molar-refractivity contribution in [1.29, 1.82) is 0 Å². The molecule has 0 unspecified atom stereocenters. The van der Waals surface area contributed by atoms with Crippen molar-refractivity contribution in [3.8, 4) is 0 Å². The van der Waals surface area contributed by atoms with Crippen LogP contribution in [0.5, 0.6) is 0 Å². The van der Waals surface area contributed by atoms with Gasteiger partial charge in [0.1, 0.15) is 10.9 Å². The SMILES string of the molecule is O=C(O)C1(C(=O)Nc2nncs2)CCCCCC1. The lowest BCUT2D eigenvalue weighted by molar-refractivity contribution is -0.155. The first-order valence-corrected chi connectivity index (χ1v) is 6.84. The molecule has 0 radical (unpaired) electrons. The molecule has 1 heterocycles. The molecular formula is C11H15N3O3S. The highest BCUT2D eigenvalue weighted by atomic mass is 32.1. The van der Waals surface area contributed by atoms with E-state index < -0.39 is 17.3 Å². The minimum Gasteiger partial charge on any atom is -0.480 e. The van der Waals surface area contributed by atoms with Gasteiger partial charge in [-0.15, -0.1) is 10.2 Å². The zero-order chi connectivity index (χ0) is 13.0. The number of aliphatic carboxylic acids is 1. The summed E-state index contributed by atoms with van der Waals surface area (Å²) in [5.74, 6) is -1.50. The number of carbonyl (C=O) groups excluding carboxylic acids is 1. The van der Waals surface area contributed by atoms with E-state index in [2.05, 4.69) is 15.5 Å². The van der Waals surface area contributed by atoms with E-state index in [9.17, 15) is 14.7 Å². The summed E-state index contributed by atoms with van der Waals surface area (Å²) >= 11 is 1.18. The number of anilines is 1. The third-order valence-electron chi connectivity index (χ3n) is 3.38. The Bertz CT molecular complexity index is 425. The summed E-state index contributed by atoms with van der Waals surface area (Å²) in [5.41, 5.74) is 0.193. The van der Waals surface area contributed by atoms with Gasteiger partial charge in [-0.3, -0.25) is 14.9 Å². The van der Waals surface area contributed by atoms with Gasteiger partial charge in [-0.1, -0.05) is 37.0 Å². The first-order valence-electron chi connectivity index (χ1n) is 5.96. The maximum absolute atomic E-state index is 12.2. The normalized spacial score (nSPS) is 18.9. The van der Waals surface area contributed by atoms with E-state index in [0.717, 1.165) is 25.7 Å². The molecule has 0 spiro atoms. The van der Waals surface area contributed by atoms with Crippen molar-refractivity contribution in [2.24, 2.45) is 5.41 Å². The summed E-state index contributed by atoms with van der Waals surface area (Å²) in [6.07, 6.45) is 4.31. The summed E-state index contributed by atoms with van der Waals surface area (Å²) in [7, 11) is 0. The Labute approximate surface area is 108 Å². The van der Waals surface area contributed by atoms with Crippen molar-refractivity contribution in [2.45, 2.75) is 38.5 Å². The predicted octanol–water partition coefficient (Wildman–Crippen LogP) is 1.90. The van der Waals surface area contributed by atoms with Crippen LogP contribution >= 0.6 is 11.3 Å². The van der Waals surface area contributed by atoms with Gasteiger partial charge in [0.2, 0.25) is 11.0 Å². The first-order chi connectivity index (χ1) is 8.65. The Hall–Kier alpha value is -1.50. The maximum atomic E-state index is 12.2. The molecule has 2 N–H and O–H groups in total. The van der Waals surface area contributed by atoms with Crippen molar-refractivity contribution in [2.75, 3.05) is 5.32 Å². The van der Waals surface area contributed by atoms with Crippen molar-refractivity contribution < 1.29 is 14.7 Å². The van der Waals surface area contributed by atoms with Gasteiger partial charge in [-0.2, -0.15) is 0 Å². The number of aromatic nitrogens is 2. The van der Waals surface area contributed by atoms with Gasteiger partial charge in [-0.05, 0) is 12.8 Å². The van der Waals surface area contributed by atoms with Crippen LogP contribution in [0.3, 0.4) is 0 Å². The minimum absolute atomic E-state index is 0.352. The molecule has 2 rings (SSSR count). The zero-order valence-corrected chi connectivity index (χ0v) is 10.7. The van der Waals surface area contributed by atoms with Crippen molar-refractivity contribution in [3.63, 3.8) is 0 Å². The average molecular weight is 269 g/mol. The van der Waals surface area contributed by atoms with Gasteiger partial charge in [-0.25, -0.2) is 0 Å². The van der Waals surface area contributed by atoms with Gasteiger partial charge in [0.05, 0.1) is 0 Å². The minimum atomic E-state index is -1.30. The van der Waals surface area contributed by atoms with Crippen LogP contribution in [-0.2, 0) is 9.59 Å². The standard InChI is InChI=1S/C11H15N3O3S/c15-8(13-10-14-12-7-18-10)11(9(16)17)5-3-1-2-4-6-11/h7H,1-6H2,(H,16,17)(H,13,14,15). The lowest BCUT2D eigenvalue weighted by Crippen LogP contribution is -2.42. The lowest BCUT2D eigenvalue weighted by atomic mass is 9.79. The molecule has 0 aliphatic heterocycles. The lowest BCUT2D eigenvalue weighted by Gasteiger charge is -2.25. The van der Waals surface area contributed by atoms with Crippen LogP contribution in [0.4, 0.5) is 5.13 Å². The molecule has 0 saturated heterocycles. The second-order valence-electron chi connectivity index (χ2n) is 4.50. The molecule has 1 amide bonds. The van der Waals surface area contributed by atoms with Crippen molar-refractivity contribution >= 4 is 28.3 Å². The van der Waals surface area contributed by atoms with Gasteiger partial charge in [0, 0.05) is 0 Å². The molecule has 7 heteroatoms. The van der Waals surface area contributed by atoms with Crippen LogP contribution in [-0.4, -0.2) is 27.2 Å². The summed E-state index contributed by atoms with van der Waals surface area (Å²) in [6, 6.07) is 0. The van der Waals surface area contributed by atoms with Crippen LogP contribution < -0.4 is 5.32 Å². The molecule has 1 aliphatic rings. The first kappa shape index (κ1) is 12.9. The zero-order valence-electron chi connectivity index (χ0n) is 9.89. The molecule has 1 aromatic rings. The highest BCUT2D eigenvalue weighted by Gasteiger charge is 2.46. The molecule has 1 aliphatic carbocycles. The van der Waals surface area contributed by atoms with E-state index in [1.54, 1.807) is 0 Å². The van der Waals surface area contributed by atoms with Gasteiger partial charge >= 0.3 is 5.97 Å². The number of hydrogen-bond donors (Lipinski definition) is 2. The molecule has 98 valence electrons. The summed E-state index contributed by atoms with van der Waals surface area (Å²) < 4.78 is 0. The summed E-state index contributed by atoms with van der Waals surface area (Å²) in [6.45, 7) is 0. The largest absolute Gasteiger partial charge is 0.480 e. The number of carboxylic acid groups (broad SMARTS) is 1. The van der Waals surface area contributed by atoms with Crippen molar-refractivity contribution in [3.05, 3.63) is 5.51 Å². The quantitative estimate of drug-likeness (QED) is 0.646. The second kappa shape index (κ2) is 5.43. The van der Waals surface area contributed by atoms with Crippen LogP contribution in [0.25, 0.3) is 0 Å².